The van der Waals surface area contributed by atoms with E-state index in [-0.39, 0.29) is 43.6 Å². The molecule has 17 heavy (non-hydrogen) atoms. The molecule has 0 unspecified atom stereocenters. The predicted molar refractivity (Wildman–Crippen MR) is 60.6 cm³/mol. The van der Waals surface area contributed by atoms with E-state index < -0.39 is 11.8 Å². The number of aliphatic hydroxyl groups excluding tert-OH is 2. The second-order valence-corrected chi connectivity index (χ2v) is 3.36. The van der Waals surface area contributed by atoms with Crippen molar-refractivity contribution in [3.63, 3.8) is 0 Å². The zero-order chi connectivity index (χ0) is 11.7. The van der Waals surface area contributed by atoms with E-state index in [1.165, 1.54) is 12.3 Å². The summed E-state index contributed by atoms with van der Waals surface area (Å²) in [5.74, 6) is 0.117. The molecule has 0 saturated carbocycles. The molecular weight excluding hydrogens is 250 g/mol. The normalized spacial score (nSPS) is 21.4. The topological polar surface area (TPSA) is 111 Å². The molecule has 0 aliphatic carbocycles. The molecule has 0 bridgehead atoms. The van der Waals surface area contributed by atoms with Gasteiger partial charge in [0.1, 0.15) is 18.0 Å². The minimum Gasteiger partial charge on any atom is -0.394 e. The third kappa shape index (κ3) is 2.75. The van der Waals surface area contributed by atoms with Crippen molar-refractivity contribution in [3.05, 3.63) is 35.1 Å². The number of ether oxygens (including phenoxy) is 1. The first-order valence-electron chi connectivity index (χ1n) is 4.65. The first-order chi connectivity index (χ1) is 7.61. The molecule has 8 heteroatoms. The Bertz CT molecular complexity index is 438. The van der Waals surface area contributed by atoms with Crippen LogP contribution in [0.1, 0.15) is 6.42 Å². The van der Waals surface area contributed by atoms with Gasteiger partial charge in [-0.1, -0.05) is 0 Å². The highest BCUT2D eigenvalue weighted by Crippen LogP contribution is 2.31. The number of hydrogen-bond acceptors (Lipinski definition) is 6. The lowest BCUT2D eigenvalue weighted by molar-refractivity contribution is 0.0342. The summed E-state index contributed by atoms with van der Waals surface area (Å²) in [6.07, 6.45) is 0.929. The van der Waals surface area contributed by atoms with Crippen LogP contribution < -0.4 is 11.4 Å². The Morgan fingerprint density at radius 3 is 2.88 bits per heavy atom. The fourth-order valence-corrected chi connectivity index (χ4v) is 1.43. The first-order valence-corrected chi connectivity index (χ1v) is 4.65. The van der Waals surface area contributed by atoms with Crippen LogP contribution in [0.2, 0.25) is 0 Å². The minimum absolute atomic E-state index is 0. The van der Waals surface area contributed by atoms with Crippen LogP contribution in [0, 0.1) is 12.3 Å². The SMILES string of the molecule is Cl.Nc1ccn([C]2C[C](O)[C@@H](CO)O2)c(=O)n1. The summed E-state index contributed by atoms with van der Waals surface area (Å²) in [7, 11) is 0. The number of nitrogens with two attached hydrogens (primary N) is 1. The van der Waals surface area contributed by atoms with Crippen LogP contribution in [0.15, 0.2) is 17.1 Å². The number of halogens is 1. The molecular formula is C9H12ClN3O4. The maximum atomic E-state index is 11.4. The van der Waals surface area contributed by atoms with E-state index in [0.29, 0.717) is 0 Å². The van der Waals surface area contributed by atoms with Gasteiger partial charge in [0.05, 0.1) is 6.61 Å². The Morgan fingerprint density at radius 2 is 2.35 bits per heavy atom. The van der Waals surface area contributed by atoms with Crippen molar-refractivity contribution in [2.24, 2.45) is 0 Å². The maximum Gasteiger partial charge on any atom is 0.352 e. The van der Waals surface area contributed by atoms with Gasteiger partial charge in [-0.2, -0.15) is 4.98 Å². The molecule has 94 valence electrons. The molecule has 7 nitrogen and oxygen atoms in total. The van der Waals surface area contributed by atoms with Crippen molar-refractivity contribution < 1.29 is 14.9 Å². The number of aromatic nitrogens is 2. The molecule has 1 aromatic rings. The van der Waals surface area contributed by atoms with Crippen LogP contribution in [0.5, 0.6) is 0 Å². The molecule has 0 aromatic carbocycles. The van der Waals surface area contributed by atoms with Crippen molar-refractivity contribution in [2.45, 2.75) is 12.5 Å². The van der Waals surface area contributed by atoms with Gasteiger partial charge in [0, 0.05) is 12.6 Å². The van der Waals surface area contributed by atoms with Gasteiger partial charge in [0.2, 0.25) is 6.23 Å². The number of nitrogen functional groups attached to an aromatic ring is 1. The van der Waals surface area contributed by atoms with E-state index in [0.717, 1.165) is 4.57 Å². The van der Waals surface area contributed by atoms with Crippen molar-refractivity contribution in [1.82, 2.24) is 9.55 Å². The van der Waals surface area contributed by atoms with Crippen LogP contribution in [0.25, 0.3) is 0 Å². The summed E-state index contributed by atoms with van der Waals surface area (Å²) in [4.78, 5) is 15.0. The van der Waals surface area contributed by atoms with E-state index in [9.17, 15) is 9.90 Å². The van der Waals surface area contributed by atoms with E-state index in [1.807, 2.05) is 0 Å². The Morgan fingerprint density at radius 1 is 1.65 bits per heavy atom. The molecule has 1 aliphatic heterocycles. The average molecular weight is 262 g/mol. The highest BCUT2D eigenvalue weighted by molar-refractivity contribution is 5.85. The smallest absolute Gasteiger partial charge is 0.352 e. The monoisotopic (exact) mass is 261 g/mol. The zero-order valence-corrected chi connectivity index (χ0v) is 9.55. The second-order valence-electron chi connectivity index (χ2n) is 3.36. The zero-order valence-electron chi connectivity index (χ0n) is 8.74. The van der Waals surface area contributed by atoms with E-state index in [2.05, 4.69) is 4.98 Å². The van der Waals surface area contributed by atoms with Crippen molar-refractivity contribution in [2.75, 3.05) is 12.3 Å². The lowest BCUT2D eigenvalue weighted by atomic mass is 10.2. The molecule has 2 heterocycles. The van der Waals surface area contributed by atoms with Gasteiger partial charge >= 0.3 is 5.69 Å². The summed E-state index contributed by atoms with van der Waals surface area (Å²) in [5.41, 5.74) is 4.76. The van der Waals surface area contributed by atoms with E-state index in [4.69, 9.17) is 15.6 Å². The third-order valence-electron chi connectivity index (χ3n) is 2.24. The quantitative estimate of drug-likeness (QED) is 0.647. The fourth-order valence-electron chi connectivity index (χ4n) is 1.43. The highest BCUT2D eigenvalue weighted by Gasteiger charge is 2.37. The molecule has 2 radical (unpaired) electrons. The molecule has 1 saturated heterocycles. The van der Waals surface area contributed by atoms with Crippen molar-refractivity contribution in [1.29, 1.82) is 0 Å². The first kappa shape index (κ1) is 13.9. The van der Waals surface area contributed by atoms with Crippen LogP contribution in [-0.2, 0) is 4.74 Å². The van der Waals surface area contributed by atoms with Gasteiger partial charge < -0.3 is 20.7 Å². The Labute approximate surface area is 103 Å². The third-order valence-corrected chi connectivity index (χ3v) is 2.24. The highest BCUT2D eigenvalue weighted by atomic mass is 35.5. The number of hydrogen-bond donors (Lipinski definition) is 3. The van der Waals surface area contributed by atoms with Gasteiger partial charge in [-0.25, -0.2) is 4.79 Å². The summed E-state index contributed by atoms with van der Waals surface area (Å²) in [5, 5.41) is 18.3. The molecule has 1 atom stereocenters. The average Bonchev–Trinajstić information content (AvgIpc) is 2.59. The molecule has 4 N–H and O–H groups in total. The molecule has 0 amide bonds. The number of aliphatic hydroxyl groups is 2. The lowest BCUT2D eigenvalue weighted by Gasteiger charge is -2.12. The maximum absolute atomic E-state index is 11.4. The van der Waals surface area contributed by atoms with Gasteiger partial charge in [0.15, 0.2) is 0 Å². The Kier molecular flexibility index (Phi) is 4.47. The Hall–Kier alpha value is -1.15. The van der Waals surface area contributed by atoms with Crippen LogP contribution in [-0.4, -0.2) is 32.5 Å². The van der Waals surface area contributed by atoms with Crippen molar-refractivity contribution in [3.8, 4) is 0 Å². The van der Waals surface area contributed by atoms with Crippen LogP contribution >= 0.6 is 12.4 Å². The number of rotatable bonds is 2. The summed E-state index contributed by atoms with van der Waals surface area (Å²) in [6, 6.07) is 1.45. The van der Waals surface area contributed by atoms with Crippen molar-refractivity contribution >= 4 is 18.2 Å². The lowest BCUT2D eigenvalue weighted by Crippen LogP contribution is -2.28. The summed E-state index contributed by atoms with van der Waals surface area (Å²) >= 11 is 0. The summed E-state index contributed by atoms with van der Waals surface area (Å²) in [6.45, 7) is -0.341. The van der Waals surface area contributed by atoms with Gasteiger partial charge in [-0.05, 0) is 6.07 Å². The van der Waals surface area contributed by atoms with Crippen LogP contribution in [0.4, 0.5) is 5.82 Å². The minimum atomic E-state index is -0.778. The molecule has 2 rings (SSSR count). The Balaban J connectivity index is 0.00000144. The molecule has 1 aromatic heterocycles. The standard InChI is InChI=1S/C9H11N3O4.ClH/c10-7-1-2-12(9(15)11-7)8-3-5(14)6(4-13)16-8;/h1-2,6,13-14H,3-4H2,(H2,10,11,15);1H/t6-;/m1./s1. The largest absolute Gasteiger partial charge is 0.394 e. The van der Waals surface area contributed by atoms with Gasteiger partial charge in [-0.15, -0.1) is 12.4 Å². The van der Waals surface area contributed by atoms with Gasteiger partial charge in [-0.3, -0.25) is 4.57 Å². The molecule has 1 fully saturated rings. The van der Waals surface area contributed by atoms with Gasteiger partial charge in [0.25, 0.3) is 0 Å². The van der Waals surface area contributed by atoms with Crippen LogP contribution in [0.3, 0.4) is 0 Å². The predicted octanol–water partition coefficient (Wildman–Crippen LogP) is -0.729. The molecule has 0 spiro atoms. The van der Waals surface area contributed by atoms with E-state index >= 15 is 0 Å². The second kappa shape index (κ2) is 5.46. The molecule has 1 aliphatic rings. The summed E-state index contributed by atoms with van der Waals surface area (Å²) < 4.78 is 6.33. The van der Waals surface area contributed by atoms with E-state index in [1.54, 1.807) is 0 Å². The number of anilines is 1. The fraction of sp³-hybridized carbons (Fsp3) is 0.333. The number of nitrogens with zero attached hydrogens (tertiary/aromatic N) is 2.